The van der Waals surface area contributed by atoms with Crippen LogP contribution in [0.2, 0.25) is 15.1 Å². The number of benzene rings is 3. The second kappa shape index (κ2) is 9.37. The molecule has 1 heterocycles. The fourth-order valence-electron chi connectivity index (χ4n) is 2.95. The fourth-order valence-corrected chi connectivity index (χ4v) is 4.44. The number of imide groups is 1. The van der Waals surface area contributed by atoms with E-state index >= 15 is 0 Å². The Balaban J connectivity index is 1.51. The Morgan fingerprint density at radius 2 is 1.68 bits per heavy atom. The van der Waals surface area contributed by atoms with E-state index < -0.39 is 5.91 Å². The molecule has 0 aromatic heterocycles. The third-order valence-corrected chi connectivity index (χ3v) is 6.12. The molecule has 0 N–H and O–H groups in total. The topological polar surface area (TPSA) is 46.6 Å². The molecular formula is C23H14Cl3NO3S. The number of anilines is 1. The zero-order valence-electron chi connectivity index (χ0n) is 15.8. The van der Waals surface area contributed by atoms with E-state index in [2.05, 4.69) is 0 Å². The maximum absolute atomic E-state index is 12.8. The van der Waals surface area contributed by atoms with Crippen molar-refractivity contribution in [2.24, 2.45) is 0 Å². The van der Waals surface area contributed by atoms with Crippen molar-refractivity contribution in [2.75, 3.05) is 4.90 Å². The van der Waals surface area contributed by atoms with Gasteiger partial charge < -0.3 is 4.74 Å². The molecule has 0 radical (unpaired) electrons. The van der Waals surface area contributed by atoms with Gasteiger partial charge in [0.05, 0.1) is 10.6 Å². The van der Waals surface area contributed by atoms with Gasteiger partial charge in [-0.15, -0.1) is 0 Å². The van der Waals surface area contributed by atoms with Crippen molar-refractivity contribution in [3.05, 3.63) is 97.8 Å². The number of carbonyl (C=O) groups excluding carboxylic acids is 2. The van der Waals surface area contributed by atoms with Gasteiger partial charge in [-0.2, -0.15) is 0 Å². The molecule has 0 bridgehead atoms. The number of thioether (sulfide) groups is 1. The van der Waals surface area contributed by atoms with E-state index in [0.717, 1.165) is 27.8 Å². The van der Waals surface area contributed by atoms with E-state index in [9.17, 15) is 9.59 Å². The molecule has 0 spiro atoms. The Kier molecular flexibility index (Phi) is 6.58. The number of carbonyl (C=O) groups is 2. The van der Waals surface area contributed by atoms with Crippen LogP contribution in [-0.4, -0.2) is 11.1 Å². The van der Waals surface area contributed by atoms with Gasteiger partial charge >= 0.3 is 0 Å². The van der Waals surface area contributed by atoms with Crippen molar-refractivity contribution in [1.29, 1.82) is 0 Å². The molecule has 31 heavy (non-hydrogen) atoms. The van der Waals surface area contributed by atoms with Crippen LogP contribution in [0, 0.1) is 0 Å². The van der Waals surface area contributed by atoms with E-state index in [1.165, 1.54) is 0 Å². The normalized spacial score (nSPS) is 15.1. The monoisotopic (exact) mass is 489 g/mol. The largest absolute Gasteiger partial charge is 0.489 e. The molecule has 1 aliphatic rings. The third-order valence-electron chi connectivity index (χ3n) is 4.43. The standard InChI is InChI=1S/C23H14Cl3NO3S/c24-16-4-2-5-18(11-16)27-22(28)21(31-23(27)29)10-14-3-1-6-19(9-14)30-13-15-7-8-17(25)12-20(15)26/h1-12H,13H2/b21-10-. The molecule has 0 atom stereocenters. The number of amides is 2. The maximum atomic E-state index is 12.8. The van der Waals surface area contributed by atoms with Gasteiger partial charge in [0.25, 0.3) is 11.1 Å². The summed E-state index contributed by atoms with van der Waals surface area (Å²) in [4.78, 5) is 26.7. The first-order valence-corrected chi connectivity index (χ1v) is 11.1. The van der Waals surface area contributed by atoms with Crippen LogP contribution in [0.1, 0.15) is 11.1 Å². The minimum Gasteiger partial charge on any atom is -0.489 e. The molecule has 3 aromatic carbocycles. The van der Waals surface area contributed by atoms with E-state index in [4.69, 9.17) is 39.5 Å². The molecule has 4 rings (SSSR count). The lowest BCUT2D eigenvalue weighted by molar-refractivity contribution is -0.113. The fraction of sp³-hybridized carbons (Fsp3) is 0.0435. The molecule has 1 saturated heterocycles. The van der Waals surface area contributed by atoms with Crippen LogP contribution < -0.4 is 9.64 Å². The van der Waals surface area contributed by atoms with Gasteiger partial charge in [0, 0.05) is 20.6 Å². The van der Waals surface area contributed by atoms with E-state index in [0.29, 0.717) is 31.4 Å². The lowest BCUT2D eigenvalue weighted by Gasteiger charge is -2.12. The zero-order valence-corrected chi connectivity index (χ0v) is 18.9. The molecule has 4 nitrogen and oxygen atoms in total. The van der Waals surface area contributed by atoms with Crippen LogP contribution in [0.3, 0.4) is 0 Å². The Morgan fingerprint density at radius 3 is 2.45 bits per heavy atom. The average molecular weight is 491 g/mol. The number of rotatable bonds is 5. The van der Waals surface area contributed by atoms with Gasteiger partial charge in [-0.1, -0.05) is 59.1 Å². The van der Waals surface area contributed by atoms with Gasteiger partial charge in [0.15, 0.2) is 0 Å². The predicted octanol–water partition coefficient (Wildman–Crippen LogP) is 7.47. The van der Waals surface area contributed by atoms with Gasteiger partial charge in [-0.05, 0) is 65.9 Å². The summed E-state index contributed by atoms with van der Waals surface area (Å²) in [6.07, 6.45) is 1.66. The van der Waals surface area contributed by atoms with E-state index in [-0.39, 0.29) is 11.8 Å². The van der Waals surface area contributed by atoms with E-state index in [1.54, 1.807) is 60.7 Å². The minimum absolute atomic E-state index is 0.269. The Labute approximate surface area is 198 Å². The molecule has 8 heteroatoms. The smallest absolute Gasteiger partial charge is 0.298 e. The third kappa shape index (κ3) is 5.08. The van der Waals surface area contributed by atoms with Crippen LogP contribution >= 0.6 is 46.6 Å². The second-order valence-electron chi connectivity index (χ2n) is 6.59. The lowest BCUT2D eigenvalue weighted by Crippen LogP contribution is -2.27. The Hall–Kier alpha value is -2.44. The van der Waals surface area contributed by atoms with Crippen molar-refractivity contribution >= 4 is 69.5 Å². The number of hydrogen-bond donors (Lipinski definition) is 0. The second-order valence-corrected chi connectivity index (χ2v) is 8.87. The molecule has 1 fully saturated rings. The van der Waals surface area contributed by atoms with Crippen molar-refractivity contribution < 1.29 is 14.3 Å². The first kappa shape index (κ1) is 21.8. The molecule has 1 aliphatic heterocycles. The van der Waals surface area contributed by atoms with Crippen LogP contribution in [0.4, 0.5) is 10.5 Å². The summed E-state index contributed by atoms with van der Waals surface area (Å²) in [6, 6.07) is 19.1. The molecular weight excluding hydrogens is 477 g/mol. The minimum atomic E-state index is -0.392. The summed E-state index contributed by atoms with van der Waals surface area (Å²) < 4.78 is 5.83. The zero-order chi connectivity index (χ0) is 22.0. The highest BCUT2D eigenvalue weighted by molar-refractivity contribution is 8.19. The predicted molar refractivity (Wildman–Crippen MR) is 127 cm³/mol. The van der Waals surface area contributed by atoms with Crippen LogP contribution in [0.25, 0.3) is 6.08 Å². The Bertz CT molecular complexity index is 1210. The van der Waals surface area contributed by atoms with Crippen molar-refractivity contribution in [3.8, 4) is 5.75 Å². The quantitative estimate of drug-likeness (QED) is 0.348. The first-order valence-electron chi connectivity index (χ1n) is 9.11. The summed E-state index contributed by atoms with van der Waals surface area (Å²) in [7, 11) is 0. The molecule has 0 saturated carbocycles. The number of nitrogens with zero attached hydrogens (tertiary/aromatic N) is 1. The molecule has 0 unspecified atom stereocenters. The first-order chi connectivity index (χ1) is 14.9. The average Bonchev–Trinajstić information content (AvgIpc) is 3.00. The van der Waals surface area contributed by atoms with Gasteiger partial charge in [-0.3, -0.25) is 9.59 Å². The summed E-state index contributed by atoms with van der Waals surface area (Å²) >= 11 is 19.0. The van der Waals surface area contributed by atoms with Crippen molar-refractivity contribution in [1.82, 2.24) is 0 Å². The van der Waals surface area contributed by atoms with Crippen LogP contribution in [0.5, 0.6) is 5.75 Å². The highest BCUT2D eigenvalue weighted by atomic mass is 35.5. The summed E-state index contributed by atoms with van der Waals surface area (Å²) in [5.41, 5.74) is 1.98. The molecule has 156 valence electrons. The molecule has 0 aliphatic carbocycles. The highest BCUT2D eigenvalue weighted by Gasteiger charge is 2.36. The summed E-state index contributed by atoms with van der Waals surface area (Å²) in [5.74, 6) is 0.213. The summed E-state index contributed by atoms with van der Waals surface area (Å²) in [5, 5.41) is 1.16. The van der Waals surface area contributed by atoms with Crippen molar-refractivity contribution in [2.45, 2.75) is 6.61 Å². The summed E-state index contributed by atoms with van der Waals surface area (Å²) in [6.45, 7) is 0.269. The van der Waals surface area contributed by atoms with Gasteiger partial charge in [0.1, 0.15) is 12.4 Å². The molecule has 3 aromatic rings. The highest BCUT2D eigenvalue weighted by Crippen LogP contribution is 2.36. The number of halogens is 3. The van der Waals surface area contributed by atoms with E-state index in [1.807, 2.05) is 12.1 Å². The lowest BCUT2D eigenvalue weighted by atomic mass is 10.2. The SMILES string of the molecule is O=C1S/C(=C\c2cccc(OCc3ccc(Cl)cc3Cl)c2)C(=O)N1c1cccc(Cl)c1. The van der Waals surface area contributed by atoms with Crippen LogP contribution in [0.15, 0.2) is 71.6 Å². The molecule has 2 amide bonds. The maximum Gasteiger partial charge on any atom is 0.298 e. The number of ether oxygens (including phenoxy) is 1. The number of hydrogen-bond acceptors (Lipinski definition) is 4. The van der Waals surface area contributed by atoms with Crippen molar-refractivity contribution in [3.63, 3.8) is 0 Å². The van der Waals surface area contributed by atoms with Gasteiger partial charge in [0.2, 0.25) is 0 Å². The van der Waals surface area contributed by atoms with Crippen LogP contribution in [-0.2, 0) is 11.4 Å². The van der Waals surface area contributed by atoms with Gasteiger partial charge in [-0.25, -0.2) is 4.90 Å². The Morgan fingerprint density at radius 1 is 0.903 bits per heavy atom.